The summed E-state index contributed by atoms with van der Waals surface area (Å²) in [4.78, 5) is 0. The average Bonchev–Trinajstić information content (AvgIpc) is 2.77. The minimum atomic E-state index is -0.906. The van der Waals surface area contributed by atoms with Crippen molar-refractivity contribution in [3.63, 3.8) is 0 Å². The largest absolute Gasteiger partial charge is 0.377 e. The van der Waals surface area contributed by atoms with Crippen molar-refractivity contribution in [1.82, 2.24) is 0 Å². The van der Waals surface area contributed by atoms with Gasteiger partial charge in [-0.2, -0.15) is 0 Å². The lowest BCUT2D eigenvalue weighted by atomic mass is 10.9. The maximum Gasteiger partial charge on any atom is 0.0898 e. The van der Waals surface area contributed by atoms with Crippen LogP contribution in [0.2, 0.25) is 18.1 Å². The topological polar surface area (TPSA) is 12.5 Å². The molecule has 0 aromatic heterocycles. The Morgan fingerprint density at radius 3 is 1.70 bits per heavy atom. The molecule has 1 heterocycles. The Kier molecular flexibility index (Phi) is 2.53. The van der Waals surface area contributed by atoms with E-state index in [1.54, 1.807) is 0 Å². The molecule has 60 valence electrons. The minimum absolute atomic E-state index is 0.729. The molecule has 1 rings (SSSR count). The third-order valence-electron chi connectivity index (χ3n) is 3.13. The van der Waals surface area contributed by atoms with Gasteiger partial charge in [0.25, 0.3) is 0 Å². The van der Waals surface area contributed by atoms with Gasteiger partial charge in [-0.3, -0.25) is 0 Å². The highest BCUT2D eigenvalue weighted by Crippen LogP contribution is 2.32. The van der Waals surface area contributed by atoms with Crippen LogP contribution >= 0.6 is 0 Å². The van der Waals surface area contributed by atoms with Crippen molar-refractivity contribution in [3.8, 4) is 0 Å². The maximum absolute atomic E-state index is 5.41. The Morgan fingerprint density at radius 1 is 1.20 bits per heavy atom. The van der Waals surface area contributed by atoms with Crippen molar-refractivity contribution < 1.29 is 4.74 Å². The molecule has 10 heavy (non-hydrogen) atoms. The molecule has 0 aromatic carbocycles. The highest BCUT2D eigenvalue weighted by molar-refractivity contribution is 6.81. The molecule has 0 N–H and O–H groups in total. The summed E-state index contributed by atoms with van der Waals surface area (Å²) in [6, 6.07) is 4.22. The van der Waals surface area contributed by atoms with E-state index in [0.29, 0.717) is 0 Å². The summed E-state index contributed by atoms with van der Waals surface area (Å²) in [7, 11) is -0.906. The van der Waals surface area contributed by atoms with Gasteiger partial charge in [-0.1, -0.05) is 38.9 Å². The van der Waals surface area contributed by atoms with Gasteiger partial charge in [0.05, 0.1) is 20.4 Å². The highest BCUT2D eigenvalue weighted by Gasteiger charge is 2.44. The van der Waals surface area contributed by atoms with Crippen LogP contribution in [0.15, 0.2) is 0 Å². The zero-order valence-electron chi connectivity index (χ0n) is 7.31. The molecular weight excluding hydrogens is 140 g/mol. The Labute approximate surface area is 64.8 Å². The third-order valence-corrected chi connectivity index (χ3v) is 9.05. The molecule has 1 aliphatic heterocycles. The third kappa shape index (κ3) is 1.27. The van der Waals surface area contributed by atoms with E-state index in [2.05, 4.69) is 20.8 Å². The van der Waals surface area contributed by atoms with Crippen LogP contribution in [0.4, 0.5) is 0 Å². The van der Waals surface area contributed by atoms with Gasteiger partial charge in [0.15, 0.2) is 0 Å². The molecule has 0 bridgehead atoms. The molecule has 0 radical (unpaired) electrons. The SMILES string of the molecule is CC[Si](CC)(CC)[C@H]1CO1. The number of rotatable bonds is 4. The summed E-state index contributed by atoms with van der Waals surface area (Å²) in [5.74, 6) is 0. The van der Waals surface area contributed by atoms with Gasteiger partial charge in [-0.05, 0) is 0 Å². The molecule has 2 heteroatoms. The summed E-state index contributed by atoms with van der Waals surface area (Å²) < 4.78 is 5.41. The summed E-state index contributed by atoms with van der Waals surface area (Å²) in [6.45, 7) is 8.07. The van der Waals surface area contributed by atoms with Crippen LogP contribution in [0.5, 0.6) is 0 Å². The first-order valence-electron chi connectivity index (χ1n) is 4.40. The van der Waals surface area contributed by atoms with Crippen molar-refractivity contribution in [2.75, 3.05) is 6.61 Å². The fourth-order valence-corrected chi connectivity index (χ4v) is 5.50. The Morgan fingerprint density at radius 2 is 1.60 bits per heavy atom. The summed E-state index contributed by atoms with van der Waals surface area (Å²) in [5, 5.41) is 0. The summed E-state index contributed by atoms with van der Waals surface area (Å²) in [6.07, 6.45) is 0. The second kappa shape index (κ2) is 3.05. The maximum atomic E-state index is 5.41. The first-order chi connectivity index (χ1) is 4.79. The lowest BCUT2D eigenvalue weighted by Crippen LogP contribution is -2.38. The Balaban J connectivity index is 2.52. The fourth-order valence-electron chi connectivity index (χ4n) is 1.83. The second-order valence-corrected chi connectivity index (χ2v) is 8.74. The first-order valence-corrected chi connectivity index (χ1v) is 7.10. The van der Waals surface area contributed by atoms with Crippen LogP contribution in [-0.4, -0.2) is 20.4 Å². The quantitative estimate of drug-likeness (QED) is 0.452. The van der Waals surface area contributed by atoms with Gasteiger partial charge in [-0.25, -0.2) is 0 Å². The average molecular weight is 158 g/mol. The fraction of sp³-hybridized carbons (Fsp3) is 1.00. The highest BCUT2D eigenvalue weighted by atomic mass is 28.3. The minimum Gasteiger partial charge on any atom is -0.377 e. The van der Waals surface area contributed by atoms with E-state index >= 15 is 0 Å². The van der Waals surface area contributed by atoms with Crippen LogP contribution in [-0.2, 0) is 4.74 Å². The monoisotopic (exact) mass is 158 g/mol. The Bertz CT molecular complexity index is 97.6. The first kappa shape index (κ1) is 8.28. The molecule has 0 aliphatic carbocycles. The van der Waals surface area contributed by atoms with E-state index in [9.17, 15) is 0 Å². The molecule has 0 spiro atoms. The molecular formula is C8H18OSi. The van der Waals surface area contributed by atoms with Crippen LogP contribution in [0.1, 0.15) is 20.8 Å². The molecule has 0 unspecified atom stereocenters. The molecule has 0 aromatic rings. The number of hydrogen-bond donors (Lipinski definition) is 0. The molecule has 1 atom stereocenters. The lowest BCUT2D eigenvalue weighted by Gasteiger charge is -2.25. The number of ether oxygens (including phenoxy) is 1. The van der Waals surface area contributed by atoms with E-state index in [1.165, 1.54) is 18.1 Å². The molecule has 1 saturated heterocycles. The van der Waals surface area contributed by atoms with Crippen molar-refractivity contribution in [3.05, 3.63) is 0 Å². The summed E-state index contributed by atoms with van der Waals surface area (Å²) in [5.41, 5.74) is 0.729. The van der Waals surface area contributed by atoms with E-state index in [-0.39, 0.29) is 0 Å². The zero-order valence-corrected chi connectivity index (χ0v) is 8.31. The van der Waals surface area contributed by atoms with Crippen LogP contribution in [0.25, 0.3) is 0 Å². The molecule has 1 aliphatic rings. The van der Waals surface area contributed by atoms with Crippen molar-refractivity contribution >= 4 is 8.07 Å². The van der Waals surface area contributed by atoms with Crippen LogP contribution < -0.4 is 0 Å². The van der Waals surface area contributed by atoms with Crippen molar-refractivity contribution in [1.29, 1.82) is 0 Å². The Hall–Kier alpha value is 0.177. The van der Waals surface area contributed by atoms with Gasteiger partial charge >= 0.3 is 0 Å². The second-order valence-electron chi connectivity index (χ2n) is 3.25. The zero-order chi connectivity index (χ0) is 7.61. The van der Waals surface area contributed by atoms with Gasteiger partial charge in [0, 0.05) is 0 Å². The van der Waals surface area contributed by atoms with Gasteiger partial charge in [0.1, 0.15) is 0 Å². The van der Waals surface area contributed by atoms with E-state index in [4.69, 9.17) is 4.74 Å². The predicted molar refractivity (Wildman–Crippen MR) is 46.9 cm³/mol. The molecule has 0 saturated carbocycles. The molecule has 0 amide bonds. The smallest absolute Gasteiger partial charge is 0.0898 e. The number of hydrogen-bond acceptors (Lipinski definition) is 1. The van der Waals surface area contributed by atoms with Gasteiger partial charge in [-0.15, -0.1) is 0 Å². The molecule has 1 nitrogen and oxygen atoms in total. The van der Waals surface area contributed by atoms with Gasteiger partial charge in [0.2, 0.25) is 0 Å². The number of epoxide rings is 1. The van der Waals surface area contributed by atoms with E-state index in [0.717, 1.165) is 12.3 Å². The van der Waals surface area contributed by atoms with E-state index in [1.807, 2.05) is 0 Å². The van der Waals surface area contributed by atoms with Gasteiger partial charge < -0.3 is 4.74 Å². The normalized spacial score (nSPS) is 24.9. The van der Waals surface area contributed by atoms with Crippen LogP contribution in [0.3, 0.4) is 0 Å². The lowest BCUT2D eigenvalue weighted by molar-refractivity contribution is 0.447. The molecule has 1 fully saturated rings. The van der Waals surface area contributed by atoms with E-state index < -0.39 is 8.07 Å². The predicted octanol–water partition coefficient (Wildman–Crippen LogP) is 2.43. The summed E-state index contributed by atoms with van der Waals surface area (Å²) >= 11 is 0. The van der Waals surface area contributed by atoms with Crippen molar-refractivity contribution in [2.45, 2.75) is 44.6 Å². The van der Waals surface area contributed by atoms with Crippen molar-refractivity contribution in [2.24, 2.45) is 0 Å². The standard InChI is InChI=1S/C8H18OSi/c1-4-10(5-2,6-3)8-7-9-8/h8H,4-7H2,1-3H3/t8-/m0/s1. The van der Waals surface area contributed by atoms with Crippen LogP contribution in [0, 0.1) is 0 Å².